The van der Waals surface area contributed by atoms with E-state index in [0.717, 1.165) is 0 Å². The van der Waals surface area contributed by atoms with Crippen molar-refractivity contribution in [2.45, 2.75) is 0 Å². The third-order valence-electron chi connectivity index (χ3n) is 0. The highest BCUT2D eigenvalue weighted by Gasteiger charge is 1.40. The van der Waals surface area contributed by atoms with E-state index >= 15 is 0 Å². The number of hydrogen-bond acceptors (Lipinski definition) is 2. The van der Waals surface area contributed by atoms with E-state index in [4.69, 9.17) is 9.79 Å². The Labute approximate surface area is 23.9 Å². The van der Waals surface area contributed by atoms with Crippen LogP contribution in [0.2, 0.25) is 0 Å². The van der Waals surface area contributed by atoms with E-state index in [2.05, 4.69) is 0 Å². The minimum absolute atomic E-state index is 3.62. The molecule has 2 nitrogen and oxygen atoms in total. The predicted molar refractivity (Wildman–Crippen MR) is 8.03 cm³/mol. The van der Waals surface area contributed by atoms with Crippen LogP contribution in [0, 0.1) is 0 Å². The van der Waals surface area contributed by atoms with Crippen molar-refractivity contribution in [2.75, 3.05) is 0 Å². The van der Waals surface area contributed by atoms with Gasteiger partial charge in [-0.25, -0.2) is 0 Å². The highest BCUT2D eigenvalue weighted by Crippen LogP contribution is 2.08. The first-order chi connectivity index (χ1) is 1.73. The fourth-order valence-electron chi connectivity index (χ4n) is 0. The lowest BCUT2D eigenvalue weighted by Gasteiger charge is -2.14. The van der Waals surface area contributed by atoms with Crippen LogP contribution in [0.15, 0.2) is 0 Å². The molecule has 0 radical (unpaired) electrons. The van der Waals surface area contributed by atoms with Crippen LogP contribution in [0.5, 0.6) is 0 Å². The first kappa shape index (κ1) is 4.28. The maximum Gasteiger partial charge on any atom is -0.105 e. The summed E-state index contributed by atoms with van der Waals surface area (Å²) in [5, 5.41) is 0. The molecule has 0 spiro atoms. The van der Waals surface area contributed by atoms with Gasteiger partial charge in [-0.1, -0.05) is 0 Å². The van der Waals surface area contributed by atoms with Gasteiger partial charge in [0.15, 0.2) is 0 Å². The Morgan fingerprint density at radius 1 is 1.50 bits per heavy atom. The van der Waals surface area contributed by atoms with Crippen LogP contribution in [0.3, 0.4) is 0 Å². The van der Waals surface area contributed by atoms with Gasteiger partial charge in [-0.15, -0.1) is 8.69 Å². The van der Waals surface area contributed by atoms with Crippen molar-refractivity contribution in [3.05, 3.63) is 0 Å². The molecule has 0 aromatic rings. The fourth-order valence-corrected chi connectivity index (χ4v) is 0. The summed E-state index contributed by atoms with van der Waals surface area (Å²) in [6.07, 6.45) is 0. The van der Waals surface area contributed by atoms with Crippen molar-refractivity contribution < 1.29 is 14.0 Å². The summed E-state index contributed by atoms with van der Waals surface area (Å²) < 4.78 is 9.95. The molecule has 4 heteroatoms. The Morgan fingerprint density at radius 2 is 1.50 bits per heavy atom. The Bertz CT molecular complexity index is 10.8. The third kappa shape index (κ3) is 47.6. The highest BCUT2D eigenvalue weighted by atomic mass is 31.2. The molecule has 0 aliphatic carbocycles. The van der Waals surface area contributed by atoms with Crippen molar-refractivity contribution >= 4 is 8.69 Å². The lowest BCUT2D eigenvalue weighted by atomic mass is 15.9. The molecule has 0 amide bonds. The van der Waals surface area contributed by atoms with Crippen LogP contribution < -0.4 is 9.79 Å². The van der Waals surface area contributed by atoms with Gasteiger partial charge in [-0.05, 0) is 0 Å². The van der Waals surface area contributed by atoms with Gasteiger partial charge in [0.2, 0.25) is 0 Å². The van der Waals surface area contributed by atoms with Gasteiger partial charge in [0, 0.05) is 0 Å². The summed E-state index contributed by atoms with van der Waals surface area (Å²) in [4.78, 5) is 16.7. The molecule has 0 heterocycles. The van der Waals surface area contributed by atoms with E-state index in [1.165, 1.54) is 0 Å². The number of hydrogen-bond donors (Lipinski definition) is 0. The number of halogens is 1. The predicted octanol–water partition coefficient (Wildman–Crippen LogP) is -1.10. The van der Waals surface area contributed by atoms with Crippen LogP contribution in [-0.4, -0.2) is 0 Å². The minimum Gasteiger partial charge on any atom is -0.816 e. The Kier molecular flexibility index (Phi) is 1.70. The standard InChI is InChI=1S/FO2P/c1-4(2)3/q-2. The van der Waals surface area contributed by atoms with Crippen LogP contribution in [0.4, 0.5) is 4.20 Å². The average Bonchev–Trinajstić information content (AvgIpc) is 0.811. The summed E-state index contributed by atoms with van der Waals surface area (Å²) in [6, 6.07) is 0. The first-order valence-corrected chi connectivity index (χ1v) is 1.60. The van der Waals surface area contributed by atoms with Crippen molar-refractivity contribution in [1.29, 1.82) is 0 Å². The van der Waals surface area contributed by atoms with E-state index in [0.29, 0.717) is 0 Å². The van der Waals surface area contributed by atoms with Crippen LogP contribution in [0.1, 0.15) is 0 Å². The topological polar surface area (TPSA) is 46.1 Å². The Hall–Kier alpha value is 0.280. The molecule has 0 aliphatic heterocycles. The molecule has 0 N–H and O–H groups in total. The monoisotopic (exact) mass is 82.0 g/mol. The normalized spacial score (nSPS) is 9.00. The van der Waals surface area contributed by atoms with Crippen LogP contribution in [0.25, 0.3) is 0 Å². The zero-order valence-electron chi connectivity index (χ0n) is 1.64. The average molecular weight is 82.0 g/mol. The van der Waals surface area contributed by atoms with Crippen molar-refractivity contribution in [2.24, 2.45) is 0 Å². The molecule has 0 atom stereocenters. The molecule has 0 aliphatic rings. The largest absolute Gasteiger partial charge is 0.816 e. The van der Waals surface area contributed by atoms with Crippen molar-refractivity contribution in [3.8, 4) is 0 Å². The second-order valence-electron chi connectivity index (χ2n) is 0.213. The van der Waals surface area contributed by atoms with Crippen molar-refractivity contribution in [3.63, 3.8) is 0 Å². The van der Waals surface area contributed by atoms with Gasteiger partial charge in [0.05, 0.1) is 0 Å². The summed E-state index contributed by atoms with van der Waals surface area (Å²) in [5.74, 6) is 0. The molecule has 0 saturated heterocycles. The summed E-state index contributed by atoms with van der Waals surface area (Å²) in [5.41, 5.74) is 0. The second kappa shape index (κ2) is 1.58. The Balaban J connectivity index is 2.32. The first-order valence-electron chi connectivity index (χ1n) is 0.534. The molecule has 0 bridgehead atoms. The molecular weight excluding hydrogens is 82.0 g/mol. The van der Waals surface area contributed by atoms with Crippen molar-refractivity contribution in [1.82, 2.24) is 0 Å². The third-order valence-corrected chi connectivity index (χ3v) is 0. The maximum atomic E-state index is 9.95. The van der Waals surface area contributed by atoms with Gasteiger partial charge in [-0.2, -0.15) is 0 Å². The fraction of sp³-hybridized carbons (Fsp3) is 0. The lowest BCUT2D eigenvalue weighted by molar-refractivity contribution is -0.305. The molecule has 0 aromatic heterocycles. The van der Waals surface area contributed by atoms with E-state index in [9.17, 15) is 4.20 Å². The molecule has 0 fully saturated rings. The molecule has 0 rings (SSSR count). The maximum absolute atomic E-state index is 9.95. The quantitative estimate of drug-likeness (QED) is 0.348. The molecule has 26 valence electrons. The molecule has 0 aromatic carbocycles. The van der Waals surface area contributed by atoms with Gasteiger partial charge in [-0.3, -0.25) is 4.20 Å². The summed E-state index contributed by atoms with van der Waals surface area (Å²) in [6.45, 7) is 0. The lowest BCUT2D eigenvalue weighted by Crippen LogP contribution is -2.00. The highest BCUT2D eigenvalue weighted by molar-refractivity contribution is 7.35. The van der Waals surface area contributed by atoms with Gasteiger partial charge >= 0.3 is 0 Å². The molecule has 4 heavy (non-hydrogen) atoms. The van der Waals surface area contributed by atoms with Gasteiger partial charge in [0.1, 0.15) is 0 Å². The number of rotatable bonds is 0. The van der Waals surface area contributed by atoms with E-state index in [1.54, 1.807) is 0 Å². The van der Waals surface area contributed by atoms with Gasteiger partial charge < -0.3 is 9.79 Å². The molecule has 0 unspecified atom stereocenters. The molecule has 0 saturated carbocycles. The second-order valence-corrected chi connectivity index (χ2v) is 0.638. The smallest absolute Gasteiger partial charge is 0.105 e. The van der Waals surface area contributed by atoms with E-state index in [-0.39, 0.29) is 0 Å². The van der Waals surface area contributed by atoms with Crippen LogP contribution in [-0.2, 0) is 0 Å². The van der Waals surface area contributed by atoms with Gasteiger partial charge in [0.25, 0.3) is 0 Å². The zero-order valence-corrected chi connectivity index (χ0v) is 2.54. The SMILES string of the molecule is [O-]P([O-])F. The van der Waals surface area contributed by atoms with E-state index in [1.807, 2.05) is 0 Å². The van der Waals surface area contributed by atoms with E-state index < -0.39 is 8.69 Å². The molecular formula is FO2P-2. The summed E-state index contributed by atoms with van der Waals surface area (Å²) in [7, 11) is -3.62. The summed E-state index contributed by atoms with van der Waals surface area (Å²) >= 11 is 0. The minimum atomic E-state index is -3.62. The van der Waals surface area contributed by atoms with Crippen LogP contribution >= 0.6 is 8.69 Å². The Morgan fingerprint density at radius 3 is 1.50 bits per heavy atom. The zero-order chi connectivity index (χ0) is 3.58.